The molecule has 1 aromatic heterocycles. The van der Waals surface area contributed by atoms with Crippen LogP contribution in [-0.2, 0) is 30.9 Å². The number of aliphatic carboxylic acids is 1. The van der Waals surface area contributed by atoms with Crippen LogP contribution >= 0.6 is 0 Å². The van der Waals surface area contributed by atoms with Crippen LogP contribution in [0.4, 0.5) is 13.2 Å². The summed E-state index contributed by atoms with van der Waals surface area (Å²) in [5.74, 6) is -1.87. The Labute approximate surface area is 215 Å². The maximum Gasteiger partial charge on any atom is 0.490 e. The fraction of sp³-hybridized carbons (Fsp3) is 0.357. The highest BCUT2D eigenvalue weighted by Gasteiger charge is 2.38. The Kier molecular flexibility index (Phi) is 10.5. The van der Waals surface area contributed by atoms with Crippen molar-refractivity contribution in [2.75, 3.05) is 13.1 Å². The number of hydrogen-bond acceptors (Lipinski definition) is 5. The molecule has 1 atom stereocenters. The van der Waals surface area contributed by atoms with Gasteiger partial charge in [0.1, 0.15) is 12.4 Å². The van der Waals surface area contributed by atoms with Crippen molar-refractivity contribution in [3.05, 3.63) is 95.3 Å². The van der Waals surface area contributed by atoms with Gasteiger partial charge in [0.2, 0.25) is 0 Å². The molecule has 2 heterocycles. The van der Waals surface area contributed by atoms with Gasteiger partial charge in [-0.15, -0.1) is 0 Å². The van der Waals surface area contributed by atoms with E-state index in [1.54, 1.807) is 6.20 Å². The summed E-state index contributed by atoms with van der Waals surface area (Å²) in [6.07, 6.45) is 0.853. The molecule has 0 spiro atoms. The van der Waals surface area contributed by atoms with Crippen molar-refractivity contribution in [1.82, 2.24) is 15.2 Å². The van der Waals surface area contributed by atoms with Crippen LogP contribution in [0.15, 0.2) is 73.1 Å². The summed E-state index contributed by atoms with van der Waals surface area (Å²) in [4.78, 5) is 15.6. The lowest BCUT2D eigenvalue weighted by atomic mass is 9.98. The maximum absolute atomic E-state index is 10.6. The molecule has 1 aliphatic rings. The van der Waals surface area contributed by atoms with Crippen molar-refractivity contribution in [1.29, 1.82) is 0 Å². The number of ether oxygens (including phenoxy) is 1. The molecule has 4 rings (SSSR count). The molecule has 0 bridgehead atoms. The number of alkyl halides is 3. The number of rotatable bonds is 9. The third-order valence-electron chi connectivity index (χ3n) is 6.15. The van der Waals surface area contributed by atoms with Crippen molar-refractivity contribution in [3.8, 4) is 5.75 Å². The van der Waals surface area contributed by atoms with E-state index in [4.69, 9.17) is 14.6 Å². The Bertz CT molecular complexity index is 1110. The molecule has 0 amide bonds. The number of carboxylic acids is 1. The first-order valence-electron chi connectivity index (χ1n) is 12.2. The van der Waals surface area contributed by atoms with E-state index in [0.717, 1.165) is 50.3 Å². The summed E-state index contributed by atoms with van der Waals surface area (Å²) in [5, 5.41) is 10.8. The number of halogens is 3. The SMILES string of the molecule is CCC(CNCc1ccc(OCc2cccnc2)cc1)N1CCc2ccccc2C1.O=C(O)C(F)(F)F. The summed E-state index contributed by atoms with van der Waals surface area (Å²) >= 11 is 0. The first kappa shape index (κ1) is 28.1. The van der Waals surface area contributed by atoms with Gasteiger partial charge in [-0.3, -0.25) is 9.88 Å². The Morgan fingerprint density at radius 1 is 1.08 bits per heavy atom. The van der Waals surface area contributed by atoms with Gasteiger partial charge in [-0.2, -0.15) is 13.2 Å². The van der Waals surface area contributed by atoms with Crippen molar-refractivity contribution in [2.45, 2.75) is 51.7 Å². The van der Waals surface area contributed by atoms with Gasteiger partial charge in [-0.25, -0.2) is 4.79 Å². The predicted molar refractivity (Wildman–Crippen MR) is 135 cm³/mol. The number of aromatic nitrogens is 1. The minimum absolute atomic E-state index is 0.544. The Morgan fingerprint density at radius 2 is 1.78 bits per heavy atom. The van der Waals surface area contributed by atoms with Crippen LogP contribution in [0, 0.1) is 0 Å². The molecule has 0 saturated carbocycles. The maximum atomic E-state index is 10.6. The van der Waals surface area contributed by atoms with Crippen molar-refractivity contribution >= 4 is 5.97 Å². The van der Waals surface area contributed by atoms with E-state index < -0.39 is 12.1 Å². The van der Waals surface area contributed by atoms with Gasteiger partial charge in [0.05, 0.1) is 0 Å². The first-order valence-corrected chi connectivity index (χ1v) is 12.2. The van der Waals surface area contributed by atoms with Gasteiger partial charge in [-0.05, 0) is 47.7 Å². The molecule has 6 nitrogen and oxygen atoms in total. The highest BCUT2D eigenvalue weighted by molar-refractivity contribution is 5.73. The minimum atomic E-state index is -5.08. The van der Waals surface area contributed by atoms with Gasteiger partial charge >= 0.3 is 12.1 Å². The molecule has 37 heavy (non-hydrogen) atoms. The molecule has 198 valence electrons. The number of pyridine rings is 1. The van der Waals surface area contributed by atoms with Gasteiger partial charge < -0.3 is 15.2 Å². The third-order valence-corrected chi connectivity index (χ3v) is 6.15. The second-order valence-electron chi connectivity index (χ2n) is 8.78. The summed E-state index contributed by atoms with van der Waals surface area (Å²) < 4.78 is 37.6. The highest BCUT2D eigenvalue weighted by atomic mass is 19.4. The van der Waals surface area contributed by atoms with Crippen LogP contribution in [0.3, 0.4) is 0 Å². The van der Waals surface area contributed by atoms with Crippen molar-refractivity contribution in [2.24, 2.45) is 0 Å². The third kappa shape index (κ3) is 9.18. The van der Waals surface area contributed by atoms with E-state index in [-0.39, 0.29) is 0 Å². The summed E-state index contributed by atoms with van der Waals surface area (Å²) in [7, 11) is 0. The molecule has 9 heteroatoms. The molecule has 2 aromatic carbocycles. The summed E-state index contributed by atoms with van der Waals surface area (Å²) in [5.41, 5.74) is 5.36. The lowest BCUT2D eigenvalue weighted by molar-refractivity contribution is -0.192. The molecule has 0 radical (unpaired) electrons. The molecule has 0 aliphatic carbocycles. The largest absolute Gasteiger partial charge is 0.490 e. The van der Waals surface area contributed by atoms with Crippen LogP contribution in [0.5, 0.6) is 5.75 Å². The normalized spacial score (nSPS) is 14.2. The van der Waals surface area contributed by atoms with Gasteiger partial charge in [0.15, 0.2) is 0 Å². The van der Waals surface area contributed by atoms with Crippen molar-refractivity contribution < 1.29 is 27.8 Å². The van der Waals surface area contributed by atoms with E-state index in [9.17, 15) is 13.2 Å². The minimum Gasteiger partial charge on any atom is -0.489 e. The molecule has 3 aromatic rings. The smallest absolute Gasteiger partial charge is 0.489 e. The number of fused-ring (bicyclic) bond motifs is 1. The van der Waals surface area contributed by atoms with E-state index in [2.05, 4.69) is 58.5 Å². The number of benzene rings is 2. The number of carbonyl (C=O) groups is 1. The van der Waals surface area contributed by atoms with E-state index in [0.29, 0.717) is 12.6 Å². The van der Waals surface area contributed by atoms with Gasteiger partial charge in [0, 0.05) is 50.2 Å². The number of nitrogens with zero attached hydrogens (tertiary/aromatic N) is 2. The molecular formula is C28H32F3N3O3. The van der Waals surface area contributed by atoms with Crippen LogP contribution < -0.4 is 10.1 Å². The van der Waals surface area contributed by atoms with Gasteiger partial charge in [0.25, 0.3) is 0 Å². The molecule has 0 fully saturated rings. The standard InChI is InChI=1S/C26H31N3O.C2HF3O2/c1-2-25(29-15-13-23-7-3-4-8-24(23)19-29)18-28-16-21-9-11-26(12-10-21)30-20-22-6-5-14-27-17-22;3-2(4,5)1(6)7/h3-12,14,17,25,28H,2,13,15-16,18-20H2,1H3;(H,6,7). The van der Waals surface area contributed by atoms with E-state index in [1.165, 1.54) is 16.7 Å². The second kappa shape index (κ2) is 13.8. The Balaban J connectivity index is 0.000000479. The fourth-order valence-corrected chi connectivity index (χ4v) is 4.10. The van der Waals surface area contributed by atoms with Crippen molar-refractivity contribution in [3.63, 3.8) is 0 Å². The highest BCUT2D eigenvalue weighted by Crippen LogP contribution is 2.21. The lowest BCUT2D eigenvalue weighted by Crippen LogP contribution is -2.44. The average molecular weight is 516 g/mol. The zero-order valence-electron chi connectivity index (χ0n) is 20.7. The average Bonchev–Trinajstić information content (AvgIpc) is 2.91. The molecule has 1 unspecified atom stereocenters. The number of hydrogen-bond donors (Lipinski definition) is 2. The number of nitrogens with one attached hydrogen (secondary N) is 1. The van der Waals surface area contributed by atoms with E-state index >= 15 is 0 Å². The van der Waals surface area contributed by atoms with Crippen LogP contribution in [-0.4, -0.2) is 46.3 Å². The molecule has 1 aliphatic heterocycles. The van der Waals surface area contributed by atoms with Gasteiger partial charge in [-0.1, -0.05) is 49.4 Å². The number of carboxylic acid groups (broad SMARTS) is 1. The zero-order valence-corrected chi connectivity index (χ0v) is 20.7. The van der Waals surface area contributed by atoms with Crippen LogP contribution in [0.1, 0.15) is 35.6 Å². The monoisotopic (exact) mass is 515 g/mol. The first-order chi connectivity index (χ1) is 17.8. The molecule has 2 N–H and O–H groups in total. The van der Waals surface area contributed by atoms with Crippen LogP contribution in [0.2, 0.25) is 0 Å². The summed E-state index contributed by atoms with van der Waals surface area (Å²) in [6.45, 7) is 6.95. The predicted octanol–water partition coefficient (Wildman–Crippen LogP) is 5.22. The Morgan fingerprint density at radius 3 is 2.41 bits per heavy atom. The zero-order chi connectivity index (χ0) is 26.7. The fourth-order valence-electron chi connectivity index (χ4n) is 4.10. The van der Waals surface area contributed by atoms with Crippen LogP contribution in [0.25, 0.3) is 0 Å². The molecule has 0 saturated heterocycles. The Hall–Kier alpha value is -3.43. The quantitative estimate of drug-likeness (QED) is 0.407. The topological polar surface area (TPSA) is 74.7 Å². The second-order valence-corrected chi connectivity index (χ2v) is 8.78. The van der Waals surface area contributed by atoms with E-state index in [1.807, 2.05) is 30.5 Å². The lowest BCUT2D eigenvalue weighted by Gasteiger charge is -2.35. The summed E-state index contributed by atoms with van der Waals surface area (Å²) in [6, 6.07) is 21.8. The molecular weight excluding hydrogens is 483 g/mol.